The molecule has 0 aliphatic carbocycles. The van der Waals surface area contributed by atoms with Gasteiger partial charge in [0.15, 0.2) is 0 Å². The molecular formula is C20H23NO. The van der Waals surface area contributed by atoms with Gasteiger partial charge in [-0.05, 0) is 30.2 Å². The van der Waals surface area contributed by atoms with E-state index in [1.165, 1.54) is 25.7 Å². The molecular weight excluding hydrogens is 270 g/mol. The molecule has 0 spiro atoms. The van der Waals surface area contributed by atoms with E-state index in [1.807, 2.05) is 42.5 Å². The third kappa shape index (κ3) is 4.63. The smallest absolute Gasteiger partial charge is 0.127 e. The third-order valence-corrected chi connectivity index (χ3v) is 3.72. The lowest BCUT2D eigenvalue weighted by atomic mass is 10.0. The molecule has 0 unspecified atom stereocenters. The SMILES string of the molecule is CCCCCCCOc1ccccc1-c1ccc(C#N)cc1. The van der Waals surface area contributed by atoms with Crippen LogP contribution in [-0.4, -0.2) is 6.61 Å². The van der Waals surface area contributed by atoms with Gasteiger partial charge in [0.1, 0.15) is 5.75 Å². The number of nitriles is 1. The Balaban J connectivity index is 1.99. The Labute approximate surface area is 133 Å². The lowest BCUT2D eigenvalue weighted by molar-refractivity contribution is 0.306. The summed E-state index contributed by atoms with van der Waals surface area (Å²) in [6.07, 6.45) is 6.19. The average Bonchev–Trinajstić information content (AvgIpc) is 2.58. The van der Waals surface area contributed by atoms with Gasteiger partial charge < -0.3 is 4.74 Å². The summed E-state index contributed by atoms with van der Waals surface area (Å²) in [6, 6.07) is 17.9. The summed E-state index contributed by atoms with van der Waals surface area (Å²) in [7, 11) is 0. The van der Waals surface area contributed by atoms with Crippen LogP contribution in [0.25, 0.3) is 11.1 Å². The summed E-state index contributed by atoms with van der Waals surface area (Å²) in [5, 5.41) is 8.88. The van der Waals surface area contributed by atoms with E-state index < -0.39 is 0 Å². The molecule has 0 bridgehead atoms. The second kappa shape index (κ2) is 8.89. The maximum absolute atomic E-state index is 8.88. The normalized spacial score (nSPS) is 10.2. The van der Waals surface area contributed by atoms with Crippen molar-refractivity contribution in [1.29, 1.82) is 5.26 Å². The monoisotopic (exact) mass is 293 g/mol. The van der Waals surface area contributed by atoms with Crippen molar-refractivity contribution >= 4 is 0 Å². The lowest BCUT2D eigenvalue weighted by Gasteiger charge is -2.11. The van der Waals surface area contributed by atoms with Crippen molar-refractivity contribution in [1.82, 2.24) is 0 Å². The van der Waals surface area contributed by atoms with E-state index in [-0.39, 0.29) is 0 Å². The van der Waals surface area contributed by atoms with Crippen LogP contribution >= 0.6 is 0 Å². The van der Waals surface area contributed by atoms with Crippen LogP contribution < -0.4 is 4.74 Å². The zero-order valence-electron chi connectivity index (χ0n) is 13.2. The Kier molecular flexibility index (Phi) is 6.51. The standard InChI is InChI=1S/C20H23NO/c1-2-3-4-5-8-15-22-20-10-7-6-9-19(20)18-13-11-17(16-21)12-14-18/h6-7,9-14H,2-5,8,15H2,1H3. The summed E-state index contributed by atoms with van der Waals surface area (Å²) in [5.74, 6) is 0.919. The molecule has 2 rings (SSSR count). The van der Waals surface area contributed by atoms with Gasteiger partial charge in [-0.2, -0.15) is 5.26 Å². The van der Waals surface area contributed by atoms with Crippen LogP contribution in [0.3, 0.4) is 0 Å². The average molecular weight is 293 g/mol. The minimum absolute atomic E-state index is 0.679. The Morgan fingerprint density at radius 1 is 0.909 bits per heavy atom. The van der Waals surface area contributed by atoms with Crippen molar-refractivity contribution in [3.63, 3.8) is 0 Å². The maximum Gasteiger partial charge on any atom is 0.127 e. The largest absolute Gasteiger partial charge is 0.493 e. The first-order valence-corrected chi connectivity index (χ1v) is 8.07. The topological polar surface area (TPSA) is 33.0 Å². The van der Waals surface area contributed by atoms with Gasteiger partial charge in [-0.15, -0.1) is 0 Å². The van der Waals surface area contributed by atoms with E-state index >= 15 is 0 Å². The highest BCUT2D eigenvalue weighted by Gasteiger charge is 2.05. The lowest BCUT2D eigenvalue weighted by Crippen LogP contribution is -1.98. The maximum atomic E-state index is 8.88. The molecule has 114 valence electrons. The van der Waals surface area contributed by atoms with Gasteiger partial charge in [0.05, 0.1) is 18.2 Å². The number of hydrogen-bond donors (Lipinski definition) is 0. The Morgan fingerprint density at radius 3 is 2.36 bits per heavy atom. The molecule has 2 heteroatoms. The first-order chi connectivity index (χ1) is 10.8. The molecule has 2 nitrogen and oxygen atoms in total. The van der Waals surface area contributed by atoms with Crippen molar-refractivity contribution in [3.05, 3.63) is 54.1 Å². The molecule has 0 amide bonds. The minimum atomic E-state index is 0.679. The number of ether oxygens (including phenoxy) is 1. The number of unbranched alkanes of at least 4 members (excludes halogenated alkanes) is 4. The van der Waals surface area contributed by atoms with Gasteiger partial charge in [-0.3, -0.25) is 0 Å². The fraction of sp³-hybridized carbons (Fsp3) is 0.350. The van der Waals surface area contributed by atoms with Crippen LogP contribution in [0.1, 0.15) is 44.6 Å². The van der Waals surface area contributed by atoms with E-state index in [2.05, 4.69) is 19.1 Å². The van der Waals surface area contributed by atoms with Crippen LogP contribution in [0.2, 0.25) is 0 Å². The van der Waals surface area contributed by atoms with Crippen molar-refractivity contribution in [2.75, 3.05) is 6.61 Å². The van der Waals surface area contributed by atoms with E-state index in [1.54, 1.807) is 0 Å². The van der Waals surface area contributed by atoms with Crippen molar-refractivity contribution in [2.24, 2.45) is 0 Å². The molecule has 22 heavy (non-hydrogen) atoms. The zero-order valence-corrected chi connectivity index (χ0v) is 13.2. The van der Waals surface area contributed by atoms with E-state index in [0.717, 1.165) is 29.9 Å². The first kappa shape index (κ1) is 16.1. The van der Waals surface area contributed by atoms with Crippen molar-refractivity contribution < 1.29 is 4.74 Å². The molecule has 0 atom stereocenters. The van der Waals surface area contributed by atoms with E-state index in [0.29, 0.717) is 5.56 Å². The number of nitrogens with zero attached hydrogens (tertiary/aromatic N) is 1. The predicted molar refractivity (Wildman–Crippen MR) is 90.8 cm³/mol. The molecule has 0 fully saturated rings. The van der Waals surface area contributed by atoms with E-state index in [9.17, 15) is 0 Å². The number of hydrogen-bond acceptors (Lipinski definition) is 2. The zero-order chi connectivity index (χ0) is 15.6. The second-order valence-corrected chi connectivity index (χ2v) is 5.45. The van der Waals surface area contributed by atoms with E-state index in [4.69, 9.17) is 10.00 Å². The van der Waals surface area contributed by atoms with Crippen LogP contribution in [-0.2, 0) is 0 Å². The summed E-state index contributed by atoms with van der Waals surface area (Å²) in [4.78, 5) is 0. The van der Waals surface area contributed by atoms with Crippen molar-refractivity contribution in [3.8, 4) is 22.9 Å². The first-order valence-electron chi connectivity index (χ1n) is 8.07. The Hall–Kier alpha value is -2.27. The summed E-state index contributed by atoms with van der Waals surface area (Å²) < 4.78 is 5.96. The Bertz CT molecular complexity index is 610. The molecule has 0 saturated carbocycles. The number of benzene rings is 2. The predicted octanol–water partition coefficient (Wildman–Crippen LogP) is 5.57. The number of para-hydroxylation sites is 1. The molecule has 0 saturated heterocycles. The quantitative estimate of drug-likeness (QED) is 0.596. The van der Waals surface area contributed by atoms with Crippen LogP contribution in [0.4, 0.5) is 0 Å². The molecule has 2 aromatic carbocycles. The molecule has 0 N–H and O–H groups in total. The third-order valence-electron chi connectivity index (χ3n) is 3.72. The molecule has 0 aromatic heterocycles. The fourth-order valence-electron chi connectivity index (χ4n) is 2.44. The summed E-state index contributed by atoms with van der Waals surface area (Å²) in [6.45, 7) is 2.99. The molecule has 2 aromatic rings. The summed E-state index contributed by atoms with van der Waals surface area (Å²) >= 11 is 0. The molecule has 0 aliphatic heterocycles. The van der Waals surface area contributed by atoms with Gasteiger partial charge in [0.25, 0.3) is 0 Å². The van der Waals surface area contributed by atoms with Gasteiger partial charge in [-0.25, -0.2) is 0 Å². The van der Waals surface area contributed by atoms with Crippen molar-refractivity contribution in [2.45, 2.75) is 39.0 Å². The van der Waals surface area contributed by atoms with Crippen LogP contribution in [0, 0.1) is 11.3 Å². The van der Waals surface area contributed by atoms with Crippen LogP contribution in [0.15, 0.2) is 48.5 Å². The Morgan fingerprint density at radius 2 is 1.64 bits per heavy atom. The number of rotatable bonds is 8. The van der Waals surface area contributed by atoms with Crippen LogP contribution in [0.5, 0.6) is 5.75 Å². The highest BCUT2D eigenvalue weighted by Crippen LogP contribution is 2.30. The molecule has 0 aliphatic rings. The highest BCUT2D eigenvalue weighted by atomic mass is 16.5. The molecule has 0 heterocycles. The molecule has 0 radical (unpaired) electrons. The fourth-order valence-corrected chi connectivity index (χ4v) is 2.44. The summed E-state index contributed by atoms with van der Waals surface area (Å²) in [5.41, 5.74) is 2.85. The van der Waals surface area contributed by atoms with Gasteiger partial charge in [0, 0.05) is 5.56 Å². The second-order valence-electron chi connectivity index (χ2n) is 5.45. The minimum Gasteiger partial charge on any atom is -0.493 e. The highest BCUT2D eigenvalue weighted by molar-refractivity contribution is 5.70. The van der Waals surface area contributed by atoms with Gasteiger partial charge >= 0.3 is 0 Å². The van der Waals surface area contributed by atoms with Gasteiger partial charge in [0.2, 0.25) is 0 Å². The van der Waals surface area contributed by atoms with Gasteiger partial charge in [-0.1, -0.05) is 62.9 Å².